The largest absolute Gasteiger partial charge is 0.496 e. The van der Waals surface area contributed by atoms with E-state index in [0.717, 1.165) is 19.3 Å². The molecule has 1 saturated heterocycles. The maximum absolute atomic E-state index is 13.6. The Balaban J connectivity index is 1.49. The van der Waals surface area contributed by atoms with Crippen molar-refractivity contribution in [3.63, 3.8) is 0 Å². The number of carbonyl (C=O) groups is 1. The molecule has 1 heterocycles. The van der Waals surface area contributed by atoms with Crippen LogP contribution < -0.4 is 10.1 Å². The van der Waals surface area contributed by atoms with Crippen molar-refractivity contribution in [3.8, 4) is 5.75 Å². The SMILES string of the molecule is COc1ccc(S(=O)(=O)N2CCCCC2)cc1CCC(=O)NCCSCc1ccccc1F. The third-order valence-electron chi connectivity index (χ3n) is 5.61. The van der Waals surface area contributed by atoms with E-state index in [0.29, 0.717) is 54.4 Å². The molecule has 0 aliphatic carbocycles. The van der Waals surface area contributed by atoms with Gasteiger partial charge in [0.05, 0.1) is 12.0 Å². The molecule has 180 valence electrons. The Kier molecular flexibility index (Phi) is 9.58. The smallest absolute Gasteiger partial charge is 0.243 e. The molecule has 6 nitrogen and oxygen atoms in total. The second-order valence-electron chi connectivity index (χ2n) is 7.93. The Morgan fingerprint density at radius 1 is 1.12 bits per heavy atom. The van der Waals surface area contributed by atoms with Crippen molar-refractivity contribution in [2.45, 2.75) is 42.8 Å². The molecule has 0 saturated carbocycles. The molecule has 1 amide bonds. The van der Waals surface area contributed by atoms with Gasteiger partial charge in [0.1, 0.15) is 11.6 Å². The number of thioether (sulfide) groups is 1. The molecule has 0 spiro atoms. The molecule has 0 bridgehead atoms. The molecular formula is C24H31FN2O4S2. The van der Waals surface area contributed by atoms with Crippen molar-refractivity contribution in [3.05, 3.63) is 59.4 Å². The van der Waals surface area contributed by atoms with Crippen LogP contribution in [0.5, 0.6) is 5.75 Å². The topological polar surface area (TPSA) is 75.7 Å². The van der Waals surface area contributed by atoms with Crippen molar-refractivity contribution in [1.82, 2.24) is 9.62 Å². The lowest BCUT2D eigenvalue weighted by molar-refractivity contribution is -0.120. The minimum Gasteiger partial charge on any atom is -0.496 e. The number of piperidine rings is 1. The number of halogens is 1. The van der Waals surface area contributed by atoms with Crippen molar-refractivity contribution in [2.24, 2.45) is 0 Å². The normalized spacial score (nSPS) is 14.7. The number of nitrogens with zero attached hydrogens (tertiary/aromatic N) is 1. The lowest BCUT2D eigenvalue weighted by atomic mass is 10.1. The highest BCUT2D eigenvalue weighted by Gasteiger charge is 2.26. The van der Waals surface area contributed by atoms with Crippen LogP contribution in [-0.4, -0.2) is 51.1 Å². The van der Waals surface area contributed by atoms with Gasteiger partial charge in [0.15, 0.2) is 0 Å². The molecule has 1 fully saturated rings. The number of benzene rings is 2. The van der Waals surface area contributed by atoms with Gasteiger partial charge in [0, 0.05) is 37.6 Å². The van der Waals surface area contributed by atoms with Crippen LogP contribution in [0.4, 0.5) is 4.39 Å². The summed E-state index contributed by atoms with van der Waals surface area (Å²) in [4.78, 5) is 12.5. The predicted molar refractivity (Wildman–Crippen MR) is 129 cm³/mol. The number of hydrogen-bond acceptors (Lipinski definition) is 5. The number of aryl methyl sites for hydroxylation is 1. The first-order chi connectivity index (χ1) is 15.9. The molecule has 1 N–H and O–H groups in total. The average molecular weight is 495 g/mol. The van der Waals surface area contributed by atoms with Crippen molar-refractivity contribution < 1.29 is 22.3 Å². The highest BCUT2D eigenvalue weighted by Crippen LogP contribution is 2.27. The summed E-state index contributed by atoms with van der Waals surface area (Å²) in [5.41, 5.74) is 1.35. The number of hydrogen-bond donors (Lipinski definition) is 1. The van der Waals surface area contributed by atoms with Gasteiger partial charge >= 0.3 is 0 Å². The van der Waals surface area contributed by atoms with Crippen LogP contribution in [0.3, 0.4) is 0 Å². The average Bonchev–Trinajstić information content (AvgIpc) is 2.84. The fourth-order valence-electron chi connectivity index (χ4n) is 3.76. The van der Waals surface area contributed by atoms with Gasteiger partial charge in [-0.3, -0.25) is 4.79 Å². The first kappa shape index (κ1) is 25.5. The molecule has 0 aromatic heterocycles. The van der Waals surface area contributed by atoms with Gasteiger partial charge in [0.25, 0.3) is 0 Å². The van der Waals surface area contributed by atoms with Gasteiger partial charge in [-0.15, -0.1) is 0 Å². The molecular weight excluding hydrogens is 463 g/mol. The monoisotopic (exact) mass is 494 g/mol. The van der Waals surface area contributed by atoms with E-state index >= 15 is 0 Å². The van der Waals surface area contributed by atoms with Crippen LogP contribution >= 0.6 is 11.8 Å². The zero-order valence-corrected chi connectivity index (χ0v) is 20.5. The summed E-state index contributed by atoms with van der Waals surface area (Å²) in [6.07, 6.45) is 3.40. The predicted octanol–water partition coefficient (Wildman–Crippen LogP) is 3.99. The summed E-state index contributed by atoms with van der Waals surface area (Å²) in [5.74, 6) is 1.46. The van der Waals surface area contributed by atoms with E-state index in [2.05, 4.69) is 5.32 Å². The Hall–Kier alpha value is -2.10. The second kappa shape index (κ2) is 12.4. The molecule has 1 aliphatic rings. The molecule has 0 radical (unpaired) electrons. The Bertz CT molecular complexity index is 1040. The summed E-state index contributed by atoms with van der Waals surface area (Å²) < 4.78 is 46.5. The number of amides is 1. The Labute approximate surface area is 199 Å². The van der Waals surface area contributed by atoms with Crippen molar-refractivity contribution in [2.75, 3.05) is 32.5 Å². The van der Waals surface area contributed by atoms with Crippen molar-refractivity contribution in [1.29, 1.82) is 0 Å². The molecule has 0 unspecified atom stereocenters. The number of methoxy groups -OCH3 is 1. The summed E-state index contributed by atoms with van der Waals surface area (Å²) >= 11 is 1.56. The zero-order chi connectivity index (χ0) is 23.7. The summed E-state index contributed by atoms with van der Waals surface area (Å²) in [5, 5.41) is 2.87. The van der Waals surface area contributed by atoms with Crippen LogP contribution in [0.15, 0.2) is 47.4 Å². The summed E-state index contributed by atoms with van der Waals surface area (Å²) in [6.45, 7) is 1.57. The zero-order valence-electron chi connectivity index (χ0n) is 18.9. The lowest BCUT2D eigenvalue weighted by Crippen LogP contribution is -2.35. The van der Waals surface area contributed by atoms with E-state index in [9.17, 15) is 17.6 Å². The Morgan fingerprint density at radius 2 is 1.88 bits per heavy atom. The first-order valence-corrected chi connectivity index (χ1v) is 13.8. The van der Waals surface area contributed by atoms with Crippen LogP contribution in [0.1, 0.15) is 36.8 Å². The van der Waals surface area contributed by atoms with E-state index in [1.807, 2.05) is 6.07 Å². The Morgan fingerprint density at radius 3 is 2.61 bits per heavy atom. The maximum Gasteiger partial charge on any atom is 0.243 e. The standard InChI is InChI=1S/C24H31FN2O4S2/c1-31-23-11-10-21(33(29,30)27-14-5-2-6-15-27)17-19(23)9-12-24(28)26-13-16-32-18-20-7-3-4-8-22(20)25/h3-4,7-8,10-11,17H,2,5-6,9,12-16,18H2,1H3,(H,26,28). The third kappa shape index (κ3) is 7.19. The van der Waals surface area contributed by atoms with Gasteiger partial charge in [-0.2, -0.15) is 16.1 Å². The van der Waals surface area contributed by atoms with E-state index < -0.39 is 10.0 Å². The first-order valence-electron chi connectivity index (χ1n) is 11.2. The van der Waals surface area contributed by atoms with Gasteiger partial charge in [-0.05, 0) is 54.7 Å². The summed E-state index contributed by atoms with van der Waals surface area (Å²) in [7, 11) is -2.01. The molecule has 2 aromatic rings. The van der Waals surface area contributed by atoms with Gasteiger partial charge < -0.3 is 10.1 Å². The number of ether oxygens (including phenoxy) is 1. The maximum atomic E-state index is 13.6. The molecule has 33 heavy (non-hydrogen) atoms. The van der Waals surface area contributed by atoms with E-state index in [1.54, 1.807) is 42.1 Å². The van der Waals surface area contributed by atoms with Crippen LogP contribution in [-0.2, 0) is 27.0 Å². The van der Waals surface area contributed by atoms with E-state index in [-0.39, 0.29) is 23.0 Å². The van der Waals surface area contributed by atoms with Gasteiger partial charge in [0.2, 0.25) is 15.9 Å². The number of rotatable bonds is 11. The van der Waals surface area contributed by atoms with Crippen LogP contribution in [0.25, 0.3) is 0 Å². The minimum absolute atomic E-state index is 0.118. The van der Waals surface area contributed by atoms with Crippen LogP contribution in [0.2, 0.25) is 0 Å². The molecule has 2 aromatic carbocycles. The number of nitrogens with one attached hydrogen (secondary N) is 1. The van der Waals surface area contributed by atoms with Crippen LogP contribution in [0, 0.1) is 5.82 Å². The summed E-state index contributed by atoms with van der Waals surface area (Å²) in [6, 6.07) is 11.5. The van der Waals surface area contributed by atoms with Crippen molar-refractivity contribution >= 4 is 27.7 Å². The second-order valence-corrected chi connectivity index (χ2v) is 11.0. The number of sulfonamides is 1. The fourth-order valence-corrected chi connectivity index (χ4v) is 6.17. The number of carbonyl (C=O) groups excluding carboxylic acids is 1. The van der Waals surface area contributed by atoms with Gasteiger partial charge in [-0.25, -0.2) is 12.8 Å². The van der Waals surface area contributed by atoms with E-state index in [1.165, 1.54) is 17.5 Å². The molecule has 1 aliphatic heterocycles. The molecule has 0 atom stereocenters. The highest BCUT2D eigenvalue weighted by atomic mass is 32.2. The van der Waals surface area contributed by atoms with E-state index in [4.69, 9.17) is 4.74 Å². The third-order valence-corrected chi connectivity index (χ3v) is 8.51. The lowest BCUT2D eigenvalue weighted by Gasteiger charge is -2.26. The highest BCUT2D eigenvalue weighted by molar-refractivity contribution is 7.98. The quantitative estimate of drug-likeness (QED) is 0.478. The molecule has 3 rings (SSSR count). The minimum atomic E-state index is -3.55. The fraction of sp³-hybridized carbons (Fsp3) is 0.458. The van der Waals surface area contributed by atoms with Gasteiger partial charge in [-0.1, -0.05) is 24.6 Å². The molecule has 9 heteroatoms.